The molecule has 8 nitrogen and oxygen atoms in total. The number of alkyl carbamates (subject to hydrolysis) is 1. The molecule has 1 heterocycles. The zero-order valence-electron chi connectivity index (χ0n) is 19.5. The van der Waals surface area contributed by atoms with Crippen molar-refractivity contribution in [3.8, 4) is 11.1 Å². The largest absolute Gasteiger partial charge is 0.481 e. The van der Waals surface area contributed by atoms with Crippen molar-refractivity contribution >= 4 is 18.0 Å². The van der Waals surface area contributed by atoms with Crippen LogP contribution in [0.1, 0.15) is 36.8 Å². The van der Waals surface area contributed by atoms with Crippen LogP contribution in [0.15, 0.2) is 48.5 Å². The van der Waals surface area contributed by atoms with Crippen molar-refractivity contribution < 1.29 is 29.0 Å². The Morgan fingerprint density at radius 2 is 1.68 bits per heavy atom. The number of methoxy groups -OCH3 is 1. The molecule has 8 heteroatoms. The molecule has 180 valence electrons. The van der Waals surface area contributed by atoms with E-state index < -0.39 is 23.6 Å². The number of carboxylic acids is 1. The maximum Gasteiger partial charge on any atom is 0.407 e. The lowest BCUT2D eigenvalue weighted by Gasteiger charge is -2.47. The molecular formula is C26H30N2O6. The number of carbonyl (C=O) groups excluding carboxylic acids is 2. The summed E-state index contributed by atoms with van der Waals surface area (Å²) in [7, 11) is 1.43. The van der Waals surface area contributed by atoms with Crippen molar-refractivity contribution in [3.05, 3.63) is 59.7 Å². The number of benzene rings is 2. The molecule has 1 fully saturated rings. The SMILES string of the molecule is CCC1(C(=O)O)CN(C(=O)C(CCNC(=O)OCC2c3ccccc3-c3ccccc32)OC)C1. The number of amides is 2. The van der Waals surface area contributed by atoms with Gasteiger partial charge in [0.15, 0.2) is 0 Å². The van der Waals surface area contributed by atoms with Crippen LogP contribution in [0.2, 0.25) is 0 Å². The van der Waals surface area contributed by atoms with Crippen LogP contribution < -0.4 is 5.32 Å². The van der Waals surface area contributed by atoms with Gasteiger partial charge in [-0.25, -0.2) is 4.79 Å². The third-order valence-corrected chi connectivity index (χ3v) is 7.01. The van der Waals surface area contributed by atoms with E-state index in [1.54, 1.807) is 0 Å². The molecule has 1 aliphatic carbocycles. The molecule has 4 rings (SSSR count). The van der Waals surface area contributed by atoms with E-state index in [0.717, 1.165) is 22.3 Å². The van der Waals surface area contributed by atoms with Gasteiger partial charge in [-0.15, -0.1) is 0 Å². The summed E-state index contributed by atoms with van der Waals surface area (Å²) >= 11 is 0. The molecule has 1 unspecified atom stereocenters. The fourth-order valence-electron chi connectivity index (χ4n) is 4.85. The molecule has 1 atom stereocenters. The Hall–Kier alpha value is -3.39. The lowest BCUT2D eigenvalue weighted by molar-refractivity contribution is -0.170. The van der Waals surface area contributed by atoms with Gasteiger partial charge in [0.05, 0.1) is 0 Å². The van der Waals surface area contributed by atoms with E-state index in [1.807, 2.05) is 31.2 Å². The first-order valence-electron chi connectivity index (χ1n) is 11.5. The molecule has 0 saturated carbocycles. The quantitative estimate of drug-likeness (QED) is 0.588. The number of hydrogen-bond donors (Lipinski definition) is 2. The minimum atomic E-state index is -0.884. The summed E-state index contributed by atoms with van der Waals surface area (Å²) in [4.78, 5) is 37.9. The van der Waals surface area contributed by atoms with Crippen LogP contribution >= 0.6 is 0 Å². The number of fused-ring (bicyclic) bond motifs is 3. The molecule has 0 bridgehead atoms. The average molecular weight is 467 g/mol. The highest BCUT2D eigenvalue weighted by Gasteiger charge is 2.50. The molecule has 0 aromatic heterocycles. The highest BCUT2D eigenvalue weighted by molar-refractivity contribution is 5.86. The summed E-state index contributed by atoms with van der Waals surface area (Å²) in [6, 6.07) is 16.3. The van der Waals surface area contributed by atoms with Crippen molar-refractivity contribution in [1.29, 1.82) is 0 Å². The van der Waals surface area contributed by atoms with E-state index in [0.29, 0.717) is 6.42 Å². The van der Waals surface area contributed by atoms with Gasteiger partial charge in [0.2, 0.25) is 0 Å². The lowest BCUT2D eigenvalue weighted by Crippen LogP contribution is -2.63. The molecule has 0 radical (unpaired) electrons. The summed E-state index contributed by atoms with van der Waals surface area (Å²) in [5, 5.41) is 12.1. The molecule has 34 heavy (non-hydrogen) atoms. The lowest BCUT2D eigenvalue weighted by atomic mass is 9.77. The number of carboxylic acid groups (broad SMARTS) is 1. The predicted octanol–water partition coefficient (Wildman–Crippen LogP) is 3.25. The second-order valence-electron chi connectivity index (χ2n) is 8.90. The van der Waals surface area contributed by atoms with Crippen molar-refractivity contribution in [3.63, 3.8) is 0 Å². The number of nitrogens with one attached hydrogen (secondary N) is 1. The van der Waals surface area contributed by atoms with Gasteiger partial charge >= 0.3 is 12.1 Å². The summed E-state index contributed by atoms with van der Waals surface area (Å²) in [5.74, 6) is -1.17. The molecular weight excluding hydrogens is 436 g/mol. The van der Waals surface area contributed by atoms with E-state index in [9.17, 15) is 19.5 Å². The maximum absolute atomic E-state index is 12.7. The summed E-state index contributed by atoms with van der Waals surface area (Å²) < 4.78 is 10.8. The summed E-state index contributed by atoms with van der Waals surface area (Å²) in [6.45, 7) is 2.58. The van der Waals surface area contributed by atoms with Crippen LogP contribution in [0.3, 0.4) is 0 Å². The summed E-state index contributed by atoms with van der Waals surface area (Å²) in [6.07, 6.45) is -0.573. The Kier molecular flexibility index (Phi) is 6.88. The number of hydrogen-bond acceptors (Lipinski definition) is 5. The number of aliphatic carboxylic acids is 1. The fourth-order valence-corrected chi connectivity index (χ4v) is 4.85. The van der Waals surface area contributed by atoms with Gasteiger partial charge < -0.3 is 24.8 Å². The summed E-state index contributed by atoms with van der Waals surface area (Å²) in [5.41, 5.74) is 3.73. The second-order valence-corrected chi connectivity index (χ2v) is 8.90. The van der Waals surface area contributed by atoms with E-state index in [4.69, 9.17) is 9.47 Å². The van der Waals surface area contributed by atoms with E-state index >= 15 is 0 Å². The first kappa shape index (κ1) is 23.8. The number of ether oxygens (including phenoxy) is 2. The average Bonchev–Trinajstić information content (AvgIpc) is 3.13. The molecule has 2 N–H and O–H groups in total. The molecule has 2 aromatic rings. The van der Waals surface area contributed by atoms with Crippen LogP contribution in [0.5, 0.6) is 0 Å². The predicted molar refractivity (Wildman–Crippen MR) is 125 cm³/mol. The Morgan fingerprint density at radius 1 is 1.09 bits per heavy atom. The van der Waals surface area contributed by atoms with Gasteiger partial charge in [-0.1, -0.05) is 55.5 Å². The van der Waals surface area contributed by atoms with E-state index in [-0.39, 0.29) is 44.5 Å². The normalized spacial score (nSPS) is 16.7. The third-order valence-electron chi connectivity index (χ3n) is 7.01. The molecule has 2 aliphatic rings. The number of nitrogens with zero attached hydrogens (tertiary/aromatic N) is 1. The van der Waals surface area contributed by atoms with E-state index in [2.05, 4.69) is 29.6 Å². The van der Waals surface area contributed by atoms with Gasteiger partial charge in [-0.05, 0) is 28.7 Å². The minimum Gasteiger partial charge on any atom is -0.481 e. The Bertz CT molecular complexity index is 1030. The number of rotatable bonds is 9. The highest BCUT2D eigenvalue weighted by Crippen LogP contribution is 2.44. The highest BCUT2D eigenvalue weighted by atomic mass is 16.5. The first-order valence-corrected chi connectivity index (χ1v) is 11.5. The Morgan fingerprint density at radius 3 is 2.21 bits per heavy atom. The van der Waals surface area contributed by atoms with Gasteiger partial charge in [0.25, 0.3) is 5.91 Å². The van der Waals surface area contributed by atoms with Crippen LogP contribution in [0.25, 0.3) is 11.1 Å². The zero-order chi connectivity index (χ0) is 24.3. The standard InChI is InChI=1S/C26H30N2O6/c1-3-26(24(30)31)15-28(16-26)23(29)22(33-2)12-13-27-25(32)34-14-21-19-10-6-4-8-17(19)18-9-5-7-11-20(18)21/h4-11,21-22H,3,12-16H2,1-2H3,(H,27,32)(H,30,31). The van der Waals surface area contributed by atoms with Gasteiger partial charge in [-0.3, -0.25) is 9.59 Å². The van der Waals surface area contributed by atoms with Crippen LogP contribution in [-0.4, -0.2) is 67.4 Å². The van der Waals surface area contributed by atoms with Crippen molar-refractivity contribution in [1.82, 2.24) is 10.2 Å². The Balaban J connectivity index is 1.25. The molecule has 2 aromatic carbocycles. The van der Waals surface area contributed by atoms with Gasteiger partial charge in [0.1, 0.15) is 18.1 Å². The maximum atomic E-state index is 12.7. The number of likely N-dealkylation sites (tertiary alicyclic amines) is 1. The topological polar surface area (TPSA) is 105 Å². The fraction of sp³-hybridized carbons (Fsp3) is 0.423. The third kappa shape index (κ3) is 4.37. The van der Waals surface area contributed by atoms with Gasteiger partial charge in [0, 0.05) is 39.1 Å². The van der Waals surface area contributed by atoms with Gasteiger partial charge in [-0.2, -0.15) is 0 Å². The van der Waals surface area contributed by atoms with Crippen LogP contribution in [-0.2, 0) is 19.1 Å². The van der Waals surface area contributed by atoms with Crippen LogP contribution in [0.4, 0.5) is 4.79 Å². The van der Waals surface area contributed by atoms with E-state index in [1.165, 1.54) is 12.0 Å². The molecule has 1 saturated heterocycles. The molecule has 2 amide bonds. The zero-order valence-corrected chi connectivity index (χ0v) is 19.5. The van der Waals surface area contributed by atoms with Crippen LogP contribution in [0, 0.1) is 5.41 Å². The van der Waals surface area contributed by atoms with Crippen molar-refractivity contribution in [2.45, 2.75) is 31.8 Å². The monoisotopic (exact) mass is 466 g/mol. The molecule has 1 aliphatic heterocycles. The number of carbonyl (C=O) groups is 3. The molecule has 0 spiro atoms. The Labute approximate surface area is 198 Å². The van der Waals surface area contributed by atoms with Crippen molar-refractivity contribution in [2.24, 2.45) is 5.41 Å². The minimum absolute atomic E-state index is 0.0223. The smallest absolute Gasteiger partial charge is 0.407 e. The van der Waals surface area contributed by atoms with Crippen molar-refractivity contribution in [2.75, 3.05) is 33.4 Å². The first-order chi connectivity index (χ1) is 16.4. The second kappa shape index (κ2) is 9.85.